The molecule has 1 unspecified atom stereocenters. The van der Waals surface area contributed by atoms with Gasteiger partial charge in [0.05, 0.1) is 24.3 Å². The van der Waals surface area contributed by atoms with Gasteiger partial charge in [-0.15, -0.1) is 5.10 Å². The van der Waals surface area contributed by atoms with Crippen molar-refractivity contribution in [2.24, 2.45) is 0 Å². The lowest BCUT2D eigenvalue weighted by Crippen LogP contribution is -2.34. The Morgan fingerprint density at radius 2 is 2.00 bits per heavy atom. The summed E-state index contributed by atoms with van der Waals surface area (Å²) in [5.74, 6) is 2.80. The molecule has 0 bridgehead atoms. The summed E-state index contributed by atoms with van der Waals surface area (Å²) in [4.78, 5) is 2.48. The lowest BCUT2D eigenvalue weighted by molar-refractivity contribution is 0.161. The van der Waals surface area contributed by atoms with Gasteiger partial charge < -0.3 is 4.42 Å². The van der Waals surface area contributed by atoms with Crippen LogP contribution in [-0.2, 0) is 6.54 Å². The third-order valence-electron chi connectivity index (χ3n) is 5.69. The lowest BCUT2D eigenvalue weighted by Gasteiger charge is -2.31. The Hall–Kier alpha value is -1.70. The zero-order valence-corrected chi connectivity index (χ0v) is 14.5. The Balaban J connectivity index is 1.15. The van der Waals surface area contributed by atoms with Crippen LogP contribution in [0.1, 0.15) is 67.3 Å². The van der Waals surface area contributed by atoms with Crippen molar-refractivity contribution in [3.63, 3.8) is 0 Å². The largest absolute Gasteiger partial charge is 0.463 e. The van der Waals surface area contributed by atoms with Crippen molar-refractivity contribution in [1.82, 2.24) is 30.7 Å². The van der Waals surface area contributed by atoms with Crippen LogP contribution < -0.4 is 10.9 Å². The maximum absolute atomic E-state index is 6.05. The number of hydrogen-bond acceptors (Lipinski definition) is 6. The first-order valence-corrected chi connectivity index (χ1v) is 9.56. The van der Waals surface area contributed by atoms with Crippen LogP contribution in [0.4, 0.5) is 0 Å². The van der Waals surface area contributed by atoms with Crippen molar-refractivity contribution < 1.29 is 4.42 Å². The van der Waals surface area contributed by atoms with Gasteiger partial charge in [-0.25, -0.2) is 10.1 Å². The van der Waals surface area contributed by atoms with Gasteiger partial charge in [-0.1, -0.05) is 5.21 Å². The third-order valence-corrected chi connectivity index (χ3v) is 5.69. The van der Waals surface area contributed by atoms with Gasteiger partial charge in [0.25, 0.3) is 0 Å². The number of piperidine rings is 1. The van der Waals surface area contributed by atoms with E-state index in [9.17, 15) is 0 Å². The molecule has 2 saturated heterocycles. The number of hydrazine groups is 1. The van der Waals surface area contributed by atoms with Crippen molar-refractivity contribution >= 4 is 0 Å². The second-order valence-electron chi connectivity index (χ2n) is 7.62. The first-order chi connectivity index (χ1) is 12.3. The highest BCUT2D eigenvalue weighted by molar-refractivity contribution is 5.12. The van der Waals surface area contributed by atoms with E-state index in [4.69, 9.17) is 4.42 Å². The van der Waals surface area contributed by atoms with E-state index in [-0.39, 0.29) is 0 Å². The molecule has 1 saturated carbocycles. The second kappa shape index (κ2) is 6.55. The molecule has 134 valence electrons. The molecule has 0 amide bonds. The summed E-state index contributed by atoms with van der Waals surface area (Å²) in [7, 11) is 0. The smallest absolute Gasteiger partial charge is 0.122 e. The normalized spacial score (nSPS) is 25.7. The standard InChI is InChI=1S/C18H26N6O/c1-2-13(1)17-12-24(22-21-17)14-6-9-23(10-7-14)11-15-3-4-18(25-15)16-5-8-19-20-16/h3-4,12-14,16,19-20H,1-2,5-11H2. The van der Waals surface area contributed by atoms with Gasteiger partial charge in [0, 0.05) is 31.7 Å². The van der Waals surface area contributed by atoms with E-state index >= 15 is 0 Å². The Kier molecular flexibility index (Phi) is 4.07. The minimum absolute atomic E-state index is 0.312. The van der Waals surface area contributed by atoms with E-state index in [1.54, 1.807) is 0 Å². The minimum atomic E-state index is 0.312. The van der Waals surface area contributed by atoms with Crippen LogP contribution in [0.15, 0.2) is 22.7 Å². The van der Waals surface area contributed by atoms with Gasteiger partial charge in [0.15, 0.2) is 0 Å². The summed E-state index contributed by atoms with van der Waals surface area (Å²) in [6, 6.07) is 5.05. The van der Waals surface area contributed by atoms with E-state index in [1.807, 2.05) is 0 Å². The van der Waals surface area contributed by atoms with Gasteiger partial charge in [-0.05, 0) is 44.2 Å². The summed E-state index contributed by atoms with van der Waals surface area (Å²) in [6.45, 7) is 4.07. The van der Waals surface area contributed by atoms with Crippen LogP contribution in [0, 0.1) is 0 Å². The van der Waals surface area contributed by atoms with Crippen molar-refractivity contribution in [3.8, 4) is 0 Å². The van der Waals surface area contributed by atoms with Crippen LogP contribution in [0.3, 0.4) is 0 Å². The second-order valence-corrected chi connectivity index (χ2v) is 7.62. The molecule has 1 atom stereocenters. The molecule has 0 aromatic carbocycles. The van der Waals surface area contributed by atoms with Gasteiger partial charge in [0.1, 0.15) is 11.5 Å². The van der Waals surface area contributed by atoms with Crippen LogP contribution >= 0.6 is 0 Å². The van der Waals surface area contributed by atoms with Crippen molar-refractivity contribution in [3.05, 3.63) is 35.5 Å². The van der Waals surface area contributed by atoms with Crippen molar-refractivity contribution in [2.45, 2.75) is 56.7 Å². The highest BCUT2D eigenvalue weighted by atomic mass is 16.3. The molecule has 2 N–H and O–H groups in total. The van der Waals surface area contributed by atoms with E-state index in [2.05, 4.69) is 49.1 Å². The molecule has 7 heteroatoms. The molecule has 7 nitrogen and oxygen atoms in total. The number of likely N-dealkylation sites (tertiary alicyclic amines) is 1. The van der Waals surface area contributed by atoms with E-state index < -0.39 is 0 Å². The predicted molar refractivity (Wildman–Crippen MR) is 92.7 cm³/mol. The monoisotopic (exact) mass is 342 g/mol. The fourth-order valence-electron chi connectivity index (χ4n) is 3.96. The average Bonchev–Trinajstić information content (AvgIpc) is 3.09. The fraction of sp³-hybridized carbons (Fsp3) is 0.667. The Bertz CT molecular complexity index is 707. The first kappa shape index (κ1) is 15.5. The van der Waals surface area contributed by atoms with Crippen molar-refractivity contribution in [2.75, 3.05) is 19.6 Å². The van der Waals surface area contributed by atoms with Crippen LogP contribution in [0.5, 0.6) is 0 Å². The quantitative estimate of drug-likeness (QED) is 0.867. The molecule has 3 aliphatic rings. The van der Waals surface area contributed by atoms with Crippen LogP contribution in [-0.4, -0.2) is 39.5 Å². The topological polar surface area (TPSA) is 71.2 Å². The zero-order chi connectivity index (χ0) is 16.6. The van der Waals surface area contributed by atoms with Gasteiger partial charge in [-0.2, -0.15) is 0 Å². The van der Waals surface area contributed by atoms with E-state index in [0.717, 1.165) is 57.0 Å². The number of nitrogens with zero attached hydrogens (tertiary/aromatic N) is 4. The first-order valence-electron chi connectivity index (χ1n) is 9.56. The van der Waals surface area contributed by atoms with Gasteiger partial charge in [-0.3, -0.25) is 10.3 Å². The van der Waals surface area contributed by atoms with Gasteiger partial charge in [0.2, 0.25) is 0 Å². The molecule has 1 aliphatic carbocycles. The lowest BCUT2D eigenvalue weighted by atomic mass is 10.1. The highest BCUT2D eigenvalue weighted by Crippen LogP contribution is 2.39. The molecule has 25 heavy (non-hydrogen) atoms. The summed E-state index contributed by atoms with van der Waals surface area (Å²) < 4.78 is 8.15. The third kappa shape index (κ3) is 3.36. The molecule has 5 rings (SSSR count). The average molecular weight is 342 g/mol. The minimum Gasteiger partial charge on any atom is -0.463 e. The molecule has 2 aromatic heterocycles. The SMILES string of the molecule is c1cc(C2CCNN2)oc1CN1CCC(n2cc(C3CC3)nn2)CC1. The van der Waals surface area contributed by atoms with E-state index in [0.29, 0.717) is 18.0 Å². The molecular weight excluding hydrogens is 316 g/mol. The molecular formula is C18H26N6O. The summed E-state index contributed by atoms with van der Waals surface area (Å²) in [5.41, 5.74) is 7.61. The maximum Gasteiger partial charge on any atom is 0.122 e. The molecule has 4 heterocycles. The summed E-state index contributed by atoms with van der Waals surface area (Å²) >= 11 is 0. The number of rotatable bonds is 5. The molecule has 3 fully saturated rings. The molecule has 0 spiro atoms. The molecule has 2 aromatic rings. The summed E-state index contributed by atoms with van der Waals surface area (Å²) in [5, 5.41) is 8.73. The number of hydrogen-bond donors (Lipinski definition) is 2. The number of furan rings is 1. The number of nitrogens with one attached hydrogen (secondary N) is 2. The maximum atomic E-state index is 6.05. The summed E-state index contributed by atoms with van der Waals surface area (Å²) in [6.07, 6.45) is 8.10. The Morgan fingerprint density at radius 1 is 1.12 bits per heavy atom. The Labute approximate surface area is 147 Å². The van der Waals surface area contributed by atoms with Gasteiger partial charge >= 0.3 is 0 Å². The Morgan fingerprint density at radius 3 is 2.76 bits per heavy atom. The van der Waals surface area contributed by atoms with Crippen molar-refractivity contribution in [1.29, 1.82) is 0 Å². The predicted octanol–water partition coefficient (Wildman–Crippen LogP) is 2.12. The van der Waals surface area contributed by atoms with Crippen LogP contribution in [0.25, 0.3) is 0 Å². The molecule has 0 radical (unpaired) electrons. The number of aromatic nitrogens is 3. The van der Waals surface area contributed by atoms with E-state index in [1.165, 1.54) is 18.5 Å². The highest BCUT2D eigenvalue weighted by Gasteiger charge is 2.28. The zero-order valence-electron chi connectivity index (χ0n) is 14.5. The fourth-order valence-corrected chi connectivity index (χ4v) is 3.96. The van der Waals surface area contributed by atoms with Crippen LogP contribution in [0.2, 0.25) is 0 Å². The molecule has 2 aliphatic heterocycles.